The number of nitrogens with zero attached hydrogens (tertiary/aromatic N) is 6. The van der Waals surface area contributed by atoms with Gasteiger partial charge >= 0.3 is 6.03 Å². The van der Waals surface area contributed by atoms with Crippen LogP contribution in [0.1, 0.15) is 30.4 Å². The lowest BCUT2D eigenvalue weighted by Crippen LogP contribution is -2.42. The molecular formula is C19H23N7O. The minimum absolute atomic E-state index is 0.0632. The lowest BCUT2D eigenvalue weighted by atomic mass is 9.97. The van der Waals surface area contributed by atoms with Crippen LogP contribution in [-0.2, 0) is 13.6 Å². The summed E-state index contributed by atoms with van der Waals surface area (Å²) in [6, 6.07) is 9.48. The number of piperidine rings is 1. The molecule has 1 aromatic carbocycles. The maximum absolute atomic E-state index is 12.6. The Hall–Kier alpha value is -3.16. The number of imidazole rings is 1. The second kappa shape index (κ2) is 7.61. The van der Waals surface area contributed by atoms with Crippen LogP contribution in [0.15, 0.2) is 49.1 Å². The molecule has 0 bridgehead atoms. The Labute approximate surface area is 157 Å². The number of likely N-dealkylation sites (tertiary alicyclic amines) is 1. The van der Waals surface area contributed by atoms with E-state index >= 15 is 0 Å². The Balaban J connectivity index is 1.44. The van der Waals surface area contributed by atoms with E-state index < -0.39 is 0 Å². The van der Waals surface area contributed by atoms with Gasteiger partial charge in [-0.1, -0.05) is 18.2 Å². The molecule has 0 aliphatic carbocycles. The highest BCUT2D eigenvalue weighted by Gasteiger charge is 2.28. The molecule has 4 rings (SSSR count). The van der Waals surface area contributed by atoms with Crippen LogP contribution >= 0.6 is 0 Å². The summed E-state index contributed by atoms with van der Waals surface area (Å²) in [5.74, 6) is 2.01. The number of benzene rings is 1. The van der Waals surface area contributed by atoms with Gasteiger partial charge in [-0.25, -0.2) is 9.78 Å². The number of para-hydroxylation sites is 1. The summed E-state index contributed by atoms with van der Waals surface area (Å²) in [7, 11) is 1.99. The van der Waals surface area contributed by atoms with Gasteiger partial charge in [0.25, 0.3) is 0 Å². The number of rotatable bonds is 4. The fraction of sp³-hybridized carbons (Fsp3) is 0.368. The number of urea groups is 1. The molecule has 3 aromatic rings. The summed E-state index contributed by atoms with van der Waals surface area (Å²) in [5, 5.41) is 11.7. The predicted octanol–water partition coefficient (Wildman–Crippen LogP) is 2.47. The standard InChI is InChI=1S/C19H23N7O/c1-24-17(13-25-11-9-20-14-25)22-23-18(24)15-6-5-10-26(12-15)19(27)21-16-7-3-2-4-8-16/h2-4,7-9,11,14-15H,5-6,10,12-13H2,1H3,(H,21,27)/t15-/m1/s1. The van der Waals surface area contributed by atoms with E-state index in [0.717, 1.165) is 36.7 Å². The van der Waals surface area contributed by atoms with E-state index in [1.807, 2.05) is 57.6 Å². The van der Waals surface area contributed by atoms with Gasteiger partial charge in [0.1, 0.15) is 5.82 Å². The zero-order valence-corrected chi connectivity index (χ0v) is 15.3. The number of aromatic nitrogens is 5. The molecule has 0 saturated carbocycles. The van der Waals surface area contributed by atoms with Gasteiger partial charge in [0.2, 0.25) is 0 Å². The first kappa shape index (κ1) is 17.3. The second-order valence-corrected chi connectivity index (χ2v) is 6.85. The van der Waals surface area contributed by atoms with Crippen LogP contribution in [0.25, 0.3) is 0 Å². The van der Waals surface area contributed by atoms with Crippen LogP contribution in [0, 0.1) is 0 Å². The SMILES string of the molecule is Cn1c(Cn2ccnc2)nnc1[C@@H]1CCCN(C(=O)Nc2ccccc2)C1. The van der Waals surface area contributed by atoms with Crippen LogP contribution in [0.4, 0.5) is 10.5 Å². The number of anilines is 1. The van der Waals surface area contributed by atoms with Gasteiger partial charge in [-0.15, -0.1) is 10.2 Å². The Kier molecular flexibility index (Phi) is 4.86. The first-order valence-corrected chi connectivity index (χ1v) is 9.15. The average molecular weight is 365 g/mol. The Morgan fingerprint density at radius 2 is 2.11 bits per heavy atom. The molecule has 0 radical (unpaired) electrons. The van der Waals surface area contributed by atoms with Crippen molar-refractivity contribution in [2.75, 3.05) is 18.4 Å². The molecule has 2 aromatic heterocycles. The molecule has 27 heavy (non-hydrogen) atoms. The van der Waals surface area contributed by atoms with E-state index in [1.54, 1.807) is 12.5 Å². The van der Waals surface area contributed by atoms with Crippen LogP contribution < -0.4 is 5.32 Å². The fourth-order valence-electron chi connectivity index (χ4n) is 3.51. The van der Waals surface area contributed by atoms with Crippen LogP contribution in [0.2, 0.25) is 0 Å². The minimum Gasteiger partial charge on any atom is -0.330 e. The monoisotopic (exact) mass is 365 g/mol. The van der Waals surface area contributed by atoms with E-state index in [0.29, 0.717) is 13.1 Å². The van der Waals surface area contributed by atoms with Crippen molar-refractivity contribution in [2.24, 2.45) is 7.05 Å². The molecule has 8 heteroatoms. The lowest BCUT2D eigenvalue weighted by molar-refractivity contribution is 0.190. The van der Waals surface area contributed by atoms with Crippen LogP contribution in [0.3, 0.4) is 0 Å². The highest BCUT2D eigenvalue weighted by molar-refractivity contribution is 5.89. The molecule has 1 aliphatic rings. The molecule has 1 atom stereocenters. The number of carbonyl (C=O) groups is 1. The zero-order valence-electron chi connectivity index (χ0n) is 15.3. The van der Waals surface area contributed by atoms with Crippen molar-refractivity contribution in [3.05, 3.63) is 60.7 Å². The number of carbonyl (C=O) groups excluding carboxylic acids is 1. The van der Waals surface area contributed by atoms with E-state index in [9.17, 15) is 4.79 Å². The van der Waals surface area contributed by atoms with Crippen molar-refractivity contribution in [1.82, 2.24) is 29.2 Å². The van der Waals surface area contributed by atoms with Gasteiger partial charge in [-0.3, -0.25) is 0 Å². The normalized spacial score (nSPS) is 17.1. The van der Waals surface area contributed by atoms with Gasteiger partial charge in [0.15, 0.2) is 5.82 Å². The second-order valence-electron chi connectivity index (χ2n) is 6.85. The fourth-order valence-corrected chi connectivity index (χ4v) is 3.51. The van der Waals surface area contributed by atoms with E-state index in [4.69, 9.17) is 0 Å². The van der Waals surface area contributed by atoms with Crippen molar-refractivity contribution in [3.63, 3.8) is 0 Å². The summed E-state index contributed by atoms with van der Waals surface area (Å²) in [6.07, 6.45) is 7.39. The van der Waals surface area contributed by atoms with Crippen molar-refractivity contribution in [1.29, 1.82) is 0 Å². The highest BCUT2D eigenvalue weighted by atomic mass is 16.2. The van der Waals surface area contributed by atoms with Crippen molar-refractivity contribution in [2.45, 2.75) is 25.3 Å². The van der Waals surface area contributed by atoms with E-state index in [-0.39, 0.29) is 11.9 Å². The summed E-state index contributed by atoms with van der Waals surface area (Å²) < 4.78 is 4.01. The van der Waals surface area contributed by atoms with Crippen LogP contribution in [-0.4, -0.2) is 48.3 Å². The lowest BCUT2D eigenvalue weighted by Gasteiger charge is -2.32. The summed E-state index contributed by atoms with van der Waals surface area (Å²) in [6.45, 7) is 2.04. The third-order valence-electron chi connectivity index (χ3n) is 4.98. The molecule has 0 spiro atoms. The van der Waals surface area contributed by atoms with Crippen molar-refractivity contribution in [3.8, 4) is 0 Å². The number of hydrogen-bond acceptors (Lipinski definition) is 4. The minimum atomic E-state index is -0.0632. The largest absolute Gasteiger partial charge is 0.330 e. The molecule has 1 fully saturated rings. The molecule has 140 valence electrons. The molecule has 3 heterocycles. The van der Waals surface area contributed by atoms with E-state index in [1.165, 1.54) is 0 Å². The summed E-state index contributed by atoms with van der Waals surface area (Å²) in [5.41, 5.74) is 0.811. The van der Waals surface area contributed by atoms with Gasteiger partial charge in [0, 0.05) is 44.1 Å². The third kappa shape index (κ3) is 3.84. The maximum atomic E-state index is 12.6. The summed E-state index contributed by atoms with van der Waals surface area (Å²) in [4.78, 5) is 18.5. The number of nitrogens with one attached hydrogen (secondary N) is 1. The van der Waals surface area contributed by atoms with Crippen molar-refractivity contribution >= 4 is 11.7 Å². The third-order valence-corrected chi connectivity index (χ3v) is 4.98. The van der Waals surface area contributed by atoms with Gasteiger partial charge in [-0.2, -0.15) is 0 Å². The molecule has 0 unspecified atom stereocenters. The molecule has 1 N–H and O–H groups in total. The Morgan fingerprint density at radius 1 is 1.26 bits per heavy atom. The molecule has 8 nitrogen and oxygen atoms in total. The Bertz CT molecular complexity index is 888. The molecular weight excluding hydrogens is 342 g/mol. The molecule has 2 amide bonds. The number of amides is 2. The predicted molar refractivity (Wildman–Crippen MR) is 101 cm³/mol. The van der Waals surface area contributed by atoms with Gasteiger partial charge in [0.05, 0.1) is 12.9 Å². The molecule has 1 saturated heterocycles. The van der Waals surface area contributed by atoms with Crippen molar-refractivity contribution < 1.29 is 4.79 Å². The highest BCUT2D eigenvalue weighted by Crippen LogP contribution is 2.26. The Morgan fingerprint density at radius 3 is 2.89 bits per heavy atom. The topological polar surface area (TPSA) is 80.9 Å². The quantitative estimate of drug-likeness (QED) is 0.770. The smallest absolute Gasteiger partial charge is 0.321 e. The average Bonchev–Trinajstić information content (AvgIpc) is 3.33. The van der Waals surface area contributed by atoms with Gasteiger partial charge in [-0.05, 0) is 25.0 Å². The maximum Gasteiger partial charge on any atom is 0.321 e. The molecule has 1 aliphatic heterocycles. The van der Waals surface area contributed by atoms with E-state index in [2.05, 4.69) is 20.5 Å². The van der Waals surface area contributed by atoms with Crippen LogP contribution in [0.5, 0.6) is 0 Å². The zero-order chi connectivity index (χ0) is 18.6. The first-order valence-electron chi connectivity index (χ1n) is 9.15. The van der Waals surface area contributed by atoms with Gasteiger partial charge < -0.3 is 19.4 Å². The number of hydrogen-bond donors (Lipinski definition) is 1. The first-order chi connectivity index (χ1) is 13.2. The summed E-state index contributed by atoms with van der Waals surface area (Å²) >= 11 is 0.